The fourth-order valence-electron chi connectivity index (χ4n) is 3.20. The molecule has 3 rings (SSSR count). The van der Waals surface area contributed by atoms with Gasteiger partial charge in [0.2, 0.25) is 0 Å². The van der Waals surface area contributed by atoms with E-state index in [0.717, 1.165) is 17.9 Å². The van der Waals surface area contributed by atoms with Gasteiger partial charge in [0.25, 0.3) is 0 Å². The van der Waals surface area contributed by atoms with Crippen LogP contribution >= 0.6 is 22.6 Å². The molecule has 0 saturated heterocycles. The van der Waals surface area contributed by atoms with Crippen LogP contribution < -0.4 is 5.32 Å². The van der Waals surface area contributed by atoms with Gasteiger partial charge >= 0.3 is 0 Å². The Labute approximate surface area is 105 Å². The Kier molecular flexibility index (Phi) is 2.63. The predicted octanol–water partition coefficient (Wildman–Crippen LogP) is 3.89. The van der Waals surface area contributed by atoms with Gasteiger partial charge in [-0.3, -0.25) is 0 Å². The molecule has 0 aromatic heterocycles. The molecule has 2 saturated carbocycles. The Balaban J connectivity index is 1.73. The molecule has 2 aliphatic rings. The van der Waals surface area contributed by atoms with Crippen LogP contribution in [0.4, 0.5) is 5.69 Å². The Bertz CT molecular complexity index is 363. The van der Waals surface area contributed by atoms with Gasteiger partial charge in [0.15, 0.2) is 0 Å². The lowest BCUT2D eigenvalue weighted by Crippen LogP contribution is -2.26. The topological polar surface area (TPSA) is 12.0 Å². The minimum Gasteiger partial charge on any atom is -0.381 e. The van der Waals surface area contributed by atoms with Crippen molar-refractivity contribution in [2.45, 2.75) is 31.7 Å². The maximum atomic E-state index is 3.73. The Hall–Kier alpha value is -0.250. The van der Waals surface area contributed by atoms with Crippen LogP contribution in [0.25, 0.3) is 0 Å². The highest BCUT2D eigenvalue weighted by atomic mass is 127. The Morgan fingerprint density at radius 2 is 2.00 bits per heavy atom. The van der Waals surface area contributed by atoms with E-state index in [1.165, 1.54) is 34.9 Å². The molecule has 15 heavy (non-hydrogen) atoms. The van der Waals surface area contributed by atoms with Crippen molar-refractivity contribution in [3.8, 4) is 0 Å². The maximum absolute atomic E-state index is 3.73. The van der Waals surface area contributed by atoms with Gasteiger partial charge in [0.05, 0.1) is 0 Å². The average molecular weight is 313 g/mol. The first-order valence-corrected chi connectivity index (χ1v) is 6.92. The van der Waals surface area contributed by atoms with Crippen molar-refractivity contribution in [1.29, 1.82) is 0 Å². The number of benzene rings is 1. The first-order valence-electron chi connectivity index (χ1n) is 5.84. The SMILES string of the molecule is Ic1ccccc1NC1CC2CCC1C2. The molecule has 0 heterocycles. The summed E-state index contributed by atoms with van der Waals surface area (Å²) in [4.78, 5) is 0. The monoisotopic (exact) mass is 313 g/mol. The molecule has 2 bridgehead atoms. The molecule has 1 aromatic rings. The smallest absolute Gasteiger partial charge is 0.0478 e. The van der Waals surface area contributed by atoms with Crippen LogP contribution in [0.15, 0.2) is 24.3 Å². The van der Waals surface area contributed by atoms with E-state index in [2.05, 4.69) is 52.2 Å². The van der Waals surface area contributed by atoms with Gasteiger partial charge in [0.1, 0.15) is 0 Å². The van der Waals surface area contributed by atoms with Gasteiger partial charge < -0.3 is 5.32 Å². The highest BCUT2D eigenvalue weighted by Gasteiger charge is 2.39. The molecule has 2 aliphatic carbocycles. The quantitative estimate of drug-likeness (QED) is 0.817. The summed E-state index contributed by atoms with van der Waals surface area (Å²) in [6.07, 6.45) is 5.80. The first kappa shape index (κ1) is 9.94. The number of anilines is 1. The van der Waals surface area contributed by atoms with Crippen LogP contribution in [-0.4, -0.2) is 6.04 Å². The second-order valence-corrected chi connectivity index (χ2v) is 6.07. The molecule has 80 valence electrons. The van der Waals surface area contributed by atoms with Crippen molar-refractivity contribution >= 4 is 28.3 Å². The van der Waals surface area contributed by atoms with Gasteiger partial charge in [-0.1, -0.05) is 18.6 Å². The number of halogens is 1. The van der Waals surface area contributed by atoms with E-state index in [1.807, 2.05) is 0 Å². The predicted molar refractivity (Wildman–Crippen MR) is 72.0 cm³/mol. The van der Waals surface area contributed by atoms with Crippen LogP contribution in [0.2, 0.25) is 0 Å². The van der Waals surface area contributed by atoms with E-state index < -0.39 is 0 Å². The van der Waals surface area contributed by atoms with E-state index in [4.69, 9.17) is 0 Å². The van der Waals surface area contributed by atoms with Crippen molar-refractivity contribution in [2.75, 3.05) is 5.32 Å². The highest BCUT2D eigenvalue weighted by molar-refractivity contribution is 14.1. The van der Waals surface area contributed by atoms with E-state index in [1.54, 1.807) is 0 Å². The molecule has 1 nitrogen and oxygen atoms in total. The molecular formula is C13H16IN. The molecule has 0 radical (unpaired) electrons. The zero-order valence-electron chi connectivity index (χ0n) is 8.75. The van der Waals surface area contributed by atoms with Crippen LogP contribution in [0.3, 0.4) is 0 Å². The van der Waals surface area contributed by atoms with Gasteiger partial charge in [0, 0.05) is 15.3 Å². The number of fused-ring (bicyclic) bond motifs is 2. The fourth-order valence-corrected chi connectivity index (χ4v) is 3.74. The fraction of sp³-hybridized carbons (Fsp3) is 0.538. The van der Waals surface area contributed by atoms with Gasteiger partial charge in [-0.05, 0) is 65.8 Å². The summed E-state index contributed by atoms with van der Waals surface area (Å²) < 4.78 is 1.35. The molecule has 2 fully saturated rings. The van der Waals surface area contributed by atoms with Gasteiger partial charge in [-0.15, -0.1) is 0 Å². The molecule has 2 heteroatoms. The summed E-state index contributed by atoms with van der Waals surface area (Å²) in [6.45, 7) is 0. The normalized spacial score (nSPS) is 33.3. The molecule has 0 amide bonds. The zero-order chi connectivity index (χ0) is 10.3. The minimum atomic E-state index is 0.750. The van der Waals surface area contributed by atoms with Crippen molar-refractivity contribution in [1.82, 2.24) is 0 Å². The number of hydrogen-bond acceptors (Lipinski definition) is 1. The number of hydrogen-bond donors (Lipinski definition) is 1. The summed E-state index contributed by atoms with van der Waals surface area (Å²) in [5.74, 6) is 1.97. The molecule has 3 unspecified atom stereocenters. The van der Waals surface area contributed by atoms with Crippen molar-refractivity contribution in [3.05, 3.63) is 27.8 Å². The Morgan fingerprint density at radius 1 is 1.13 bits per heavy atom. The minimum absolute atomic E-state index is 0.750. The van der Waals surface area contributed by atoms with Crippen molar-refractivity contribution in [2.24, 2.45) is 11.8 Å². The standard InChI is InChI=1S/C13H16IN/c14-11-3-1-2-4-12(11)15-13-8-9-5-6-10(13)7-9/h1-4,9-10,13,15H,5-8H2. The number of rotatable bonds is 2. The third kappa shape index (κ3) is 1.88. The molecule has 0 aliphatic heterocycles. The summed E-state index contributed by atoms with van der Waals surface area (Å²) in [5, 5.41) is 3.73. The molecule has 1 aromatic carbocycles. The lowest BCUT2D eigenvalue weighted by molar-refractivity contribution is 0.439. The van der Waals surface area contributed by atoms with Crippen LogP contribution in [0.5, 0.6) is 0 Å². The first-order chi connectivity index (χ1) is 7.33. The van der Waals surface area contributed by atoms with Crippen molar-refractivity contribution < 1.29 is 0 Å². The van der Waals surface area contributed by atoms with Crippen LogP contribution in [0.1, 0.15) is 25.7 Å². The number of nitrogens with one attached hydrogen (secondary N) is 1. The van der Waals surface area contributed by atoms with Gasteiger partial charge in [-0.25, -0.2) is 0 Å². The highest BCUT2D eigenvalue weighted by Crippen LogP contribution is 2.45. The zero-order valence-corrected chi connectivity index (χ0v) is 10.9. The summed E-state index contributed by atoms with van der Waals surface area (Å²) in [7, 11) is 0. The summed E-state index contributed by atoms with van der Waals surface area (Å²) in [6, 6.07) is 9.36. The third-order valence-electron chi connectivity index (χ3n) is 3.95. The van der Waals surface area contributed by atoms with Crippen LogP contribution in [-0.2, 0) is 0 Å². The van der Waals surface area contributed by atoms with Crippen LogP contribution in [0, 0.1) is 15.4 Å². The third-order valence-corrected chi connectivity index (χ3v) is 4.89. The molecular weight excluding hydrogens is 297 g/mol. The van der Waals surface area contributed by atoms with E-state index in [9.17, 15) is 0 Å². The summed E-state index contributed by atoms with van der Waals surface area (Å²) in [5.41, 5.74) is 1.33. The molecule has 0 spiro atoms. The van der Waals surface area contributed by atoms with Crippen molar-refractivity contribution in [3.63, 3.8) is 0 Å². The second kappa shape index (κ2) is 3.96. The van der Waals surface area contributed by atoms with E-state index in [-0.39, 0.29) is 0 Å². The molecule has 1 N–H and O–H groups in total. The lowest BCUT2D eigenvalue weighted by atomic mass is 9.95. The maximum Gasteiger partial charge on any atom is 0.0478 e. The molecule has 3 atom stereocenters. The van der Waals surface area contributed by atoms with Gasteiger partial charge in [-0.2, -0.15) is 0 Å². The van der Waals surface area contributed by atoms with E-state index >= 15 is 0 Å². The summed E-state index contributed by atoms with van der Waals surface area (Å²) >= 11 is 2.41. The second-order valence-electron chi connectivity index (χ2n) is 4.91. The number of para-hydroxylation sites is 1. The lowest BCUT2D eigenvalue weighted by Gasteiger charge is -2.24. The van der Waals surface area contributed by atoms with E-state index in [0.29, 0.717) is 0 Å². The average Bonchev–Trinajstić information content (AvgIpc) is 2.83. The Morgan fingerprint density at radius 3 is 2.67 bits per heavy atom. The largest absolute Gasteiger partial charge is 0.381 e.